The quantitative estimate of drug-likeness (QED) is 0.181. The Morgan fingerprint density at radius 1 is 0.972 bits per heavy atom. The maximum atomic E-state index is 12.2. The number of terminal acetylenes is 1. The van der Waals surface area contributed by atoms with Gasteiger partial charge in [-0.2, -0.15) is 0 Å². The van der Waals surface area contributed by atoms with Crippen LogP contribution in [0.5, 0.6) is 11.8 Å². The van der Waals surface area contributed by atoms with E-state index in [0.717, 1.165) is 12.8 Å². The topological polar surface area (TPSA) is 159 Å². The van der Waals surface area contributed by atoms with Gasteiger partial charge in [0.15, 0.2) is 0 Å². The van der Waals surface area contributed by atoms with Gasteiger partial charge in [0.1, 0.15) is 0 Å². The van der Waals surface area contributed by atoms with E-state index in [9.17, 15) is 29.4 Å². The van der Waals surface area contributed by atoms with Crippen LogP contribution in [0.3, 0.4) is 0 Å². The molecule has 3 amide bonds. The van der Waals surface area contributed by atoms with Crippen LogP contribution in [0.15, 0.2) is 12.1 Å². The molecule has 12 nitrogen and oxygen atoms in total. The maximum Gasteiger partial charge on any atom is 0.407 e. The number of carbonyl (C=O) groups excluding carboxylic acids is 4. The lowest BCUT2D eigenvalue weighted by molar-refractivity contribution is -0.145. The highest BCUT2D eigenvalue weighted by Crippen LogP contribution is 2.19. The Balaban J connectivity index is 2.01. The summed E-state index contributed by atoms with van der Waals surface area (Å²) in [5, 5.41) is 24.1. The molecule has 1 heterocycles. The van der Waals surface area contributed by atoms with Crippen molar-refractivity contribution in [2.75, 3.05) is 33.3 Å². The lowest BCUT2D eigenvalue weighted by Gasteiger charge is -2.17. The molecule has 0 saturated carbocycles. The Morgan fingerprint density at radius 3 is 2.33 bits per heavy atom. The van der Waals surface area contributed by atoms with Crippen LogP contribution in [0, 0.1) is 12.3 Å². The molecule has 0 bridgehead atoms. The van der Waals surface area contributed by atoms with Crippen molar-refractivity contribution in [3.8, 4) is 24.1 Å². The first kappa shape index (κ1) is 30.2. The van der Waals surface area contributed by atoms with Crippen LogP contribution >= 0.6 is 0 Å². The van der Waals surface area contributed by atoms with Crippen molar-refractivity contribution in [1.29, 1.82) is 0 Å². The molecule has 0 aromatic carbocycles. The van der Waals surface area contributed by atoms with E-state index in [4.69, 9.17) is 16.0 Å². The largest absolute Gasteiger partial charge is 0.492 e. The number of amides is 3. The molecule has 0 fully saturated rings. The Kier molecular flexibility index (Phi) is 14.7. The number of ether oxygens (including phenoxy) is 1. The molecule has 0 radical (unpaired) electrons. The Bertz CT molecular complexity index is 874. The molecule has 36 heavy (non-hydrogen) atoms. The van der Waals surface area contributed by atoms with Gasteiger partial charge >= 0.3 is 12.1 Å². The molecular weight excluding hydrogens is 472 g/mol. The van der Waals surface area contributed by atoms with E-state index in [2.05, 4.69) is 16.6 Å². The molecule has 12 heteroatoms. The van der Waals surface area contributed by atoms with Crippen molar-refractivity contribution in [2.45, 2.75) is 57.8 Å². The summed E-state index contributed by atoms with van der Waals surface area (Å²) in [5.74, 6) is 0.728. The number of aromatic nitrogens is 1. The van der Waals surface area contributed by atoms with Gasteiger partial charge in [-0.15, -0.1) is 11.2 Å². The average molecular weight is 509 g/mol. The van der Waals surface area contributed by atoms with Crippen molar-refractivity contribution < 1.29 is 39.0 Å². The van der Waals surface area contributed by atoms with E-state index in [-0.39, 0.29) is 37.8 Å². The summed E-state index contributed by atoms with van der Waals surface area (Å²) >= 11 is 0. The Morgan fingerprint density at radius 2 is 1.64 bits per heavy atom. The zero-order valence-electron chi connectivity index (χ0n) is 20.7. The SMILES string of the molecule is C#CCNC(=O)CCCCCNC(=O)OCCCN(C)C(=O)CCCCC(=O)On1c(O)ccc1O. The highest BCUT2D eigenvalue weighted by molar-refractivity contribution is 5.76. The summed E-state index contributed by atoms with van der Waals surface area (Å²) in [6.07, 6.45) is 8.80. The second-order valence-corrected chi connectivity index (χ2v) is 8.04. The van der Waals surface area contributed by atoms with Gasteiger partial charge in [0.25, 0.3) is 0 Å². The number of carbonyl (C=O) groups is 4. The molecule has 4 N–H and O–H groups in total. The van der Waals surface area contributed by atoms with E-state index in [0.29, 0.717) is 49.9 Å². The fraction of sp³-hybridized carbons (Fsp3) is 0.583. The van der Waals surface area contributed by atoms with Gasteiger partial charge in [-0.1, -0.05) is 12.3 Å². The Labute approximate surface area is 210 Å². The number of hydrogen-bond donors (Lipinski definition) is 4. The first-order valence-corrected chi connectivity index (χ1v) is 11.9. The summed E-state index contributed by atoms with van der Waals surface area (Å²) in [6, 6.07) is 2.37. The van der Waals surface area contributed by atoms with Crippen LogP contribution in [-0.2, 0) is 19.1 Å². The van der Waals surface area contributed by atoms with Gasteiger partial charge < -0.3 is 35.3 Å². The van der Waals surface area contributed by atoms with Gasteiger partial charge in [0, 0.05) is 51.5 Å². The van der Waals surface area contributed by atoms with Crippen molar-refractivity contribution in [1.82, 2.24) is 20.3 Å². The monoisotopic (exact) mass is 508 g/mol. The lowest BCUT2D eigenvalue weighted by Crippen LogP contribution is -2.30. The third kappa shape index (κ3) is 13.1. The minimum Gasteiger partial charge on any atom is -0.492 e. The summed E-state index contributed by atoms with van der Waals surface area (Å²) in [4.78, 5) is 53.4. The number of unbranched alkanes of at least 4 members (excludes halogenated alkanes) is 3. The zero-order valence-corrected chi connectivity index (χ0v) is 20.7. The van der Waals surface area contributed by atoms with E-state index in [1.165, 1.54) is 17.0 Å². The number of hydrogen-bond acceptors (Lipinski definition) is 8. The summed E-state index contributed by atoms with van der Waals surface area (Å²) < 4.78 is 5.71. The van der Waals surface area contributed by atoms with Crippen molar-refractivity contribution in [3.05, 3.63) is 12.1 Å². The summed E-state index contributed by atoms with van der Waals surface area (Å²) in [5.41, 5.74) is 0. The summed E-state index contributed by atoms with van der Waals surface area (Å²) in [6.45, 7) is 1.26. The molecule has 0 aliphatic heterocycles. The van der Waals surface area contributed by atoms with Gasteiger partial charge in [-0.25, -0.2) is 9.59 Å². The predicted molar refractivity (Wildman–Crippen MR) is 130 cm³/mol. The van der Waals surface area contributed by atoms with Crippen molar-refractivity contribution in [3.63, 3.8) is 0 Å². The number of rotatable bonds is 17. The maximum absolute atomic E-state index is 12.2. The molecule has 0 saturated heterocycles. The first-order chi connectivity index (χ1) is 17.2. The first-order valence-electron chi connectivity index (χ1n) is 11.9. The number of alkyl carbamates (subject to hydrolysis) is 1. The molecule has 1 aromatic heterocycles. The van der Waals surface area contributed by atoms with Crippen LogP contribution in [0.4, 0.5) is 4.79 Å². The van der Waals surface area contributed by atoms with E-state index in [1.54, 1.807) is 7.05 Å². The molecule has 0 aliphatic carbocycles. The average Bonchev–Trinajstić information content (AvgIpc) is 3.16. The van der Waals surface area contributed by atoms with Gasteiger partial charge in [-0.05, 0) is 32.1 Å². The lowest BCUT2D eigenvalue weighted by atomic mass is 10.2. The van der Waals surface area contributed by atoms with Crippen molar-refractivity contribution in [2.24, 2.45) is 0 Å². The smallest absolute Gasteiger partial charge is 0.407 e. The fourth-order valence-electron chi connectivity index (χ4n) is 3.04. The van der Waals surface area contributed by atoms with Crippen LogP contribution in [0.2, 0.25) is 0 Å². The van der Waals surface area contributed by atoms with Gasteiger partial charge in [0.05, 0.1) is 13.2 Å². The van der Waals surface area contributed by atoms with Gasteiger partial charge in [0.2, 0.25) is 23.6 Å². The second-order valence-electron chi connectivity index (χ2n) is 8.04. The molecule has 1 aromatic rings. The number of aromatic hydroxyl groups is 2. The molecular formula is C24H36N4O8. The molecule has 0 spiro atoms. The molecule has 0 aliphatic rings. The zero-order chi connectivity index (χ0) is 26.8. The molecule has 200 valence electrons. The molecule has 0 unspecified atom stereocenters. The minimum atomic E-state index is -0.642. The van der Waals surface area contributed by atoms with E-state index in [1.807, 2.05) is 0 Å². The highest BCUT2D eigenvalue weighted by Gasteiger charge is 2.13. The standard InChI is InChI=1S/C24H36N4O8/c1-3-15-25-19(29)10-5-4-8-16-26-24(34)35-18-9-17-27(2)20(30)11-6-7-12-23(33)36-28-21(31)13-14-22(28)32/h1,13-14,31-32H,4-12,15-18H2,2H3,(H,25,29)(H,26,34). The van der Waals surface area contributed by atoms with Gasteiger partial charge in [-0.3, -0.25) is 9.59 Å². The highest BCUT2D eigenvalue weighted by atomic mass is 16.7. The van der Waals surface area contributed by atoms with Crippen LogP contribution in [-0.4, -0.2) is 77.0 Å². The normalized spacial score (nSPS) is 10.2. The fourth-order valence-corrected chi connectivity index (χ4v) is 3.04. The minimum absolute atomic E-state index is 0.0266. The van der Waals surface area contributed by atoms with Crippen LogP contribution in [0.25, 0.3) is 0 Å². The summed E-state index contributed by atoms with van der Waals surface area (Å²) in [7, 11) is 1.65. The third-order valence-electron chi connectivity index (χ3n) is 5.05. The van der Waals surface area contributed by atoms with Crippen LogP contribution < -0.4 is 15.5 Å². The number of nitrogens with zero attached hydrogens (tertiary/aromatic N) is 2. The van der Waals surface area contributed by atoms with Crippen LogP contribution in [0.1, 0.15) is 57.8 Å². The molecule has 0 atom stereocenters. The second kappa shape index (κ2) is 17.5. The van der Waals surface area contributed by atoms with Crippen molar-refractivity contribution >= 4 is 23.9 Å². The molecule has 1 rings (SSSR count). The third-order valence-corrected chi connectivity index (χ3v) is 5.05. The van der Waals surface area contributed by atoms with E-state index < -0.39 is 23.8 Å². The van der Waals surface area contributed by atoms with E-state index >= 15 is 0 Å². The number of nitrogens with one attached hydrogen (secondary N) is 2. The predicted octanol–water partition coefficient (Wildman–Crippen LogP) is 1.30. The Hall–Kier alpha value is -3.88.